The fraction of sp³-hybridized carbons (Fsp3) is 1.00. The van der Waals surface area contributed by atoms with Crippen LogP contribution in [0.15, 0.2) is 0 Å². The molecule has 0 saturated heterocycles. The van der Waals surface area contributed by atoms with Crippen LogP contribution in [0.2, 0.25) is 0 Å². The summed E-state index contributed by atoms with van der Waals surface area (Å²) in [5.74, 6) is 2.19. The van der Waals surface area contributed by atoms with Crippen molar-refractivity contribution in [2.75, 3.05) is 0 Å². The third-order valence-electron chi connectivity index (χ3n) is 8.95. The van der Waals surface area contributed by atoms with E-state index in [1.165, 1.54) is 51.4 Å². The molecule has 4 aliphatic carbocycles. The van der Waals surface area contributed by atoms with Gasteiger partial charge in [0, 0.05) is 0 Å². The van der Waals surface area contributed by atoms with Crippen molar-refractivity contribution in [1.29, 1.82) is 0 Å². The van der Waals surface area contributed by atoms with Crippen LogP contribution in [0.25, 0.3) is 0 Å². The first kappa shape index (κ1) is 19.8. The Morgan fingerprint density at radius 3 is 1.84 bits per heavy atom. The molecule has 0 atom stereocenters. The summed E-state index contributed by atoms with van der Waals surface area (Å²) in [6, 6.07) is 0. The molecule has 0 aromatic rings. The lowest BCUT2D eigenvalue weighted by molar-refractivity contribution is -0.0655. The van der Waals surface area contributed by atoms with Crippen LogP contribution in [0.1, 0.15) is 136 Å². The Kier molecular flexibility index (Phi) is 7.33. The van der Waals surface area contributed by atoms with Crippen molar-refractivity contribution < 1.29 is 0 Å². The molecule has 4 aliphatic rings. The van der Waals surface area contributed by atoms with E-state index < -0.39 is 0 Å². The molecule has 0 unspecified atom stereocenters. The van der Waals surface area contributed by atoms with E-state index in [-0.39, 0.29) is 0 Å². The summed E-state index contributed by atoms with van der Waals surface area (Å²) in [6.45, 7) is 4.68. The van der Waals surface area contributed by atoms with E-state index in [0.717, 1.165) is 22.7 Å². The quantitative estimate of drug-likeness (QED) is 0.347. The lowest BCUT2D eigenvalue weighted by Gasteiger charge is -2.58. The molecular formula is C25H46. The molecule has 146 valence electrons. The Bertz CT molecular complexity index is 349. The van der Waals surface area contributed by atoms with E-state index in [9.17, 15) is 0 Å². The predicted molar refractivity (Wildman–Crippen MR) is 111 cm³/mol. The molecule has 0 N–H and O–H groups in total. The summed E-state index contributed by atoms with van der Waals surface area (Å²) in [5.41, 5.74) is 1.60. The largest absolute Gasteiger partial charge is 0.0654 e. The maximum atomic E-state index is 2.35. The van der Waals surface area contributed by atoms with E-state index in [1.807, 2.05) is 0 Å². The third-order valence-corrected chi connectivity index (χ3v) is 8.95. The van der Waals surface area contributed by atoms with Gasteiger partial charge in [-0.3, -0.25) is 0 Å². The predicted octanol–water partition coefficient (Wildman–Crippen LogP) is 8.68. The second-order valence-electron chi connectivity index (χ2n) is 10.4. The maximum Gasteiger partial charge on any atom is -0.0269 e. The smallest absolute Gasteiger partial charge is 0.0269 e. The molecule has 2 bridgehead atoms. The van der Waals surface area contributed by atoms with Gasteiger partial charge < -0.3 is 0 Å². The van der Waals surface area contributed by atoms with Gasteiger partial charge in [-0.25, -0.2) is 0 Å². The Balaban J connectivity index is 1.42. The normalized spacial score (nSPS) is 38.2. The molecule has 4 fully saturated rings. The van der Waals surface area contributed by atoms with E-state index in [4.69, 9.17) is 0 Å². The number of unbranched alkanes of at least 4 members (excludes halogenated alkanes) is 5. The molecular weight excluding hydrogens is 300 g/mol. The molecule has 25 heavy (non-hydrogen) atoms. The highest BCUT2D eigenvalue weighted by Crippen LogP contribution is 2.63. The minimum absolute atomic E-state index is 0.798. The zero-order valence-corrected chi connectivity index (χ0v) is 17.6. The molecule has 4 rings (SSSR count). The SMILES string of the molecule is CCCCCCCC12CCC([C@H]3CC[C@H](CCCC)CC3)(CC1)CC2. The van der Waals surface area contributed by atoms with Crippen LogP contribution < -0.4 is 0 Å². The van der Waals surface area contributed by atoms with Crippen molar-refractivity contribution in [3.05, 3.63) is 0 Å². The monoisotopic (exact) mass is 346 g/mol. The van der Waals surface area contributed by atoms with Gasteiger partial charge in [0.1, 0.15) is 0 Å². The third kappa shape index (κ3) is 4.84. The molecule has 0 radical (unpaired) electrons. The number of fused-ring (bicyclic) bond motifs is 3. The van der Waals surface area contributed by atoms with Gasteiger partial charge in [-0.15, -0.1) is 0 Å². The van der Waals surface area contributed by atoms with Gasteiger partial charge in [0.05, 0.1) is 0 Å². The fourth-order valence-corrected chi connectivity index (χ4v) is 6.94. The molecule has 4 saturated carbocycles. The van der Waals surface area contributed by atoms with Gasteiger partial charge in [-0.2, -0.15) is 0 Å². The van der Waals surface area contributed by atoms with Crippen LogP contribution in [0.5, 0.6) is 0 Å². The van der Waals surface area contributed by atoms with Crippen LogP contribution in [0.3, 0.4) is 0 Å². The summed E-state index contributed by atoms with van der Waals surface area (Å²) in [4.78, 5) is 0. The average molecular weight is 347 g/mol. The van der Waals surface area contributed by atoms with Gasteiger partial charge in [0.2, 0.25) is 0 Å². The van der Waals surface area contributed by atoms with E-state index in [2.05, 4.69) is 13.8 Å². The Hall–Kier alpha value is 0. The van der Waals surface area contributed by atoms with Gasteiger partial charge in [0.15, 0.2) is 0 Å². The van der Waals surface area contributed by atoms with E-state index >= 15 is 0 Å². The maximum absolute atomic E-state index is 2.35. The second-order valence-corrected chi connectivity index (χ2v) is 10.4. The van der Waals surface area contributed by atoms with Gasteiger partial charge in [-0.1, -0.05) is 78.1 Å². The first-order chi connectivity index (χ1) is 12.2. The highest BCUT2D eigenvalue weighted by Gasteiger charge is 2.51. The average Bonchev–Trinajstić information content (AvgIpc) is 2.68. The molecule has 0 aromatic carbocycles. The standard InChI is InChI=1S/C25H46/c1-3-5-7-8-9-15-24-16-19-25(20-17-24,21-18-24)23-13-11-22(12-14-23)10-6-4-2/h22-23H,3-21H2,1-2H3/t22-,23-,24?,25?. The van der Waals surface area contributed by atoms with Gasteiger partial charge in [-0.05, 0) is 80.5 Å². The van der Waals surface area contributed by atoms with Crippen molar-refractivity contribution in [3.63, 3.8) is 0 Å². The van der Waals surface area contributed by atoms with E-state index in [1.54, 1.807) is 70.6 Å². The highest BCUT2D eigenvalue weighted by atomic mass is 14.6. The van der Waals surface area contributed by atoms with Crippen LogP contribution in [0.4, 0.5) is 0 Å². The van der Waals surface area contributed by atoms with Crippen LogP contribution in [-0.4, -0.2) is 0 Å². The van der Waals surface area contributed by atoms with Crippen molar-refractivity contribution in [2.24, 2.45) is 22.7 Å². The van der Waals surface area contributed by atoms with Crippen LogP contribution in [0, 0.1) is 22.7 Å². The molecule has 0 heterocycles. The van der Waals surface area contributed by atoms with Gasteiger partial charge in [0.25, 0.3) is 0 Å². The van der Waals surface area contributed by atoms with Crippen molar-refractivity contribution in [3.8, 4) is 0 Å². The summed E-state index contributed by atoms with van der Waals surface area (Å²) >= 11 is 0. The fourth-order valence-electron chi connectivity index (χ4n) is 6.94. The Labute approximate surface area is 158 Å². The van der Waals surface area contributed by atoms with Crippen LogP contribution >= 0.6 is 0 Å². The lowest BCUT2D eigenvalue weighted by atomic mass is 9.47. The highest BCUT2D eigenvalue weighted by molar-refractivity contribution is 5.02. The molecule has 0 spiro atoms. The van der Waals surface area contributed by atoms with E-state index in [0.29, 0.717) is 0 Å². The van der Waals surface area contributed by atoms with Crippen LogP contribution in [-0.2, 0) is 0 Å². The minimum Gasteiger partial charge on any atom is -0.0654 e. The first-order valence-corrected chi connectivity index (χ1v) is 12.2. The minimum atomic E-state index is 0.798. The number of rotatable bonds is 10. The topological polar surface area (TPSA) is 0 Å². The zero-order valence-electron chi connectivity index (χ0n) is 17.6. The summed E-state index contributed by atoms with van der Waals surface area (Å²) in [7, 11) is 0. The summed E-state index contributed by atoms with van der Waals surface area (Å²) < 4.78 is 0. The molecule has 0 nitrogen and oxygen atoms in total. The first-order valence-electron chi connectivity index (χ1n) is 12.2. The van der Waals surface area contributed by atoms with Gasteiger partial charge >= 0.3 is 0 Å². The summed E-state index contributed by atoms with van der Waals surface area (Å²) in [6.07, 6.45) is 29.2. The molecule has 0 aliphatic heterocycles. The molecule has 0 amide bonds. The Morgan fingerprint density at radius 1 is 0.640 bits per heavy atom. The molecule has 0 heteroatoms. The molecule has 0 aromatic heterocycles. The van der Waals surface area contributed by atoms with Crippen molar-refractivity contribution >= 4 is 0 Å². The summed E-state index contributed by atoms with van der Waals surface area (Å²) in [5, 5.41) is 0. The number of hydrogen-bond acceptors (Lipinski definition) is 0. The second kappa shape index (κ2) is 9.27. The van der Waals surface area contributed by atoms with Crippen molar-refractivity contribution in [2.45, 2.75) is 136 Å². The lowest BCUT2D eigenvalue weighted by Crippen LogP contribution is -2.46. The number of hydrogen-bond donors (Lipinski definition) is 0. The zero-order chi connectivity index (χ0) is 17.6. The Morgan fingerprint density at radius 2 is 1.24 bits per heavy atom. The van der Waals surface area contributed by atoms with Crippen molar-refractivity contribution in [1.82, 2.24) is 0 Å².